The number of hydrogen-bond donors (Lipinski definition) is 1. The Hall–Kier alpha value is -2.50. The van der Waals surface area contributed by atoms with Gasteiger partial charge in [-0.1, -0.05) is 0 Å². The van der Waals surface area contributed by atoms with Gasteiger partial charge in [0.15, 0.2) is 5.69 Å². The molecule has 0 aliphatic rings. The number of nitrogens with zero attached hydrogens (tertiary/aromatic N) is 4. The fourth-order valence-electron chi connectivity index (χ4n) is 1.63. The molecular weight excluding hydrogens is 208 g/mol. The molecule has 78 valence electrons. The number of fused-ring (bicyclic) bond motifs is 3. The number of rotatable bonds is 1. The van der Waals surface area contributed by atoms with Gasteiger partial charge in [-0.25, -0.2) is 14.8 Å². The van der Waals surface area contributed by atoms with E-state index in [2.05, 4.69) is 15.0 Å². The second kappa shape index (κ2) is 2.99. The first-order valence-electron chi connectivity index (χ1n) is 4.56. The van der Waals surface area contributed by atoms with E-state index in [1.807, 2.05) is 0 Å². The van der Waals surface area contributed by atoms with Crippen LogP contribution in [0.4, 0.5) is 0 Å². The third-order valence-electron chi connectivity index (χ3n) is 2.37. The van der Waals surface area contributed by atoms with E-state index >= 15 is 0 Å². The van der Waals surface area contributed by atoms with Crippen LogP contribution >= 0.6 is 0 Å². The Bertz CT molecular complexity index is 704. The number of hydrogen-bond acceptors (Lipinski definition) is 4. The molecule has 3 aromatic rings. The molecule has 0 saturated heterocycles. The lowest BCUT2D eigenvalue weighted by atomic mass is 10.3. The standard InChI is InChI=1S/C10H6N4O2/c15-10(16)8-4-12-9-6-3-11-2-1-7(6)13-5-14(8)9/h1-5H,(H,15,16). The number of carboxylic acids is 1. The van der Waals surface area contributed by atoms with Crippen LogP contribution in [-0.4, -0.2) is 30.4 Å². The molecule has 0 aliphatic carbocycles. The zero-order chi connectivity index (χ0) is 11.1. The zero-order valence-corrected chi connectivity index (χ0v) is 8.03. The van der Waals surface area contributed by atoms with E-state index in [9.17, 15) is 4.79 Å². The largest absolute Gasteiger partial charge is 0.477 e. The fourth-order valence-corrected chi connectivity index (χ4v) is 1.63. The highest BCUT2D eigenvalue weighted by Gasteiger charge is 2.12. The molecule has 0 amide bonds. The van der Waals surface area contributed by atoms with Crippen LogP contribution in [0.15, 0.2) is 31.0 Å². The topological polar surface area (TPSA) is 80.4 Å². The highest BCUT2D eigenvalue weighted by Crippen LogP contribution is 2.16. The molecule has 3 aromatic heterocycles. The van der Waals surface area contributed by atoms with E-state index in [0.717, 1.165) is 10.9 Å². The van der Waals surface area contributed by atoms with Crippen molar-refractivity contribution in [3.05, 3.63) is 36.7 Å². The van der Waals surface area contributed by atoms with Crippen molar-refractivity contribution in [2.24, 2.45) is 0 Å². The van der Waals surface area contributed by atoms with Crippen molar-refractivity contribution in [1.82, 2.24) is 19.4 Å². The lowest BCUT2D eigenvalue weighted by Crippen LogP contribution is -2.02. The van der Waals surface area contributed by atoms with Crippen molar-refractivity contribution in [3.63, 3.8) is 0 Å². The maximum absolute atomic E-state index is 10.9. The van der Waals surface area contributed by atoms with Crippen LogP contribution in [0.3, 0.4) is 0 Å². The Morgan fingerprint density at radius 2 is 2.19 bits per heavy atom. The summed E-state index contributed by atoms with van der Waals surface area (Å²) < 4.78 is 1.44. The summed E-state index contributed by atoms with van der Waals surface area (Å²) in [7, 11) is 0. The molecule has 3 rings (SSSR count). The van der Waals surface area contributed by atoms with Gasteiger partial charge in [0.2, 0.25) is 0 Å². The van der Waals surface area contributed by atoms with Crippen LogP contribution in [0.25, 0.3) is 16.6 Å². The summed E-state index contributed by atoms with van der Waals surface area (Å²) in [5.74, 6) is -1.03. The summed E-state index contributed by atoms with van der Waals surface area (Å²) in [5, 5.41) is 9.67. The zero-order valence-electron chi connectivity index (χ0n) is 8.03. The number of pyridine rings is 1. The highest BCUT2D eigenvalue weighted by atomic mass is 16.4. The molecule has 0 radical (unpaired) electrons. The number of aromatic nitrogens is 4. The van der Waals surface area contributed by atoms with Gasteiger partial charge in [0.1, 0.15) is 12.0 Å². The maximum Gasteiger partial charge on any atom is 0.354 e. The van der Waals surface area contributed by atoms with Gasteiger partial charge in [0.05, 0.1) is 17.1 Å². The van der Waals surface area contributed by atoms with E-state index in [4.69, 9.17) is 5.11 Å². The van der Waals surface area contributed by atoms with Gasteiger partial charge in [-0.15, -0.1) is 0 Å². The quantitative estimate of drug-likeness (QED) is 0.653. The predicted molar refractivity (Wildman–Crippen MR) is 55.2 cm³/mol. The molecule has 0 atom stereocenters. The first-order chi connectivity index (χ1) is 7.77. The molecule has 0 aromatic carbocycles. The van der Waals surface area contributed by atoms with Crippen molar-refractivity contribution in [2.45, 2.75) is 0 Å². The van der Waals surface area contributed by atoms with Crippen molar-refractivity contribution in [1.29, 1.82) is 0 Å². The summed E-state index contributed by atoms with van der Waals surface area (Å²) in [5.41, 5.74) is 1.38. The fraction of sp³-hybridized carbons (Fsp3) is 0. The smallest absolute Gasteiger partial charge is 0.354 e. The molecular formula is C10H6N4O2. The lowest BCUT2D eigenvalue weighted by Gasteiger charge is -1.99. The maximum atomic E-state index is 10.9. The van der Waals surface area contributed by atoms with Gasteiger partial charge < -0.3 is 5.11 Å². The van der Waals surface area contributed by atoms with Crippen LogP contribution in [0.1, 0.15) is 10.5 Å². The van der Waals surface area contributed by atoms with Crippen molar-refractivity contribution in [2.75, 3.05) is 0 Å². The molecule has 1 N–H and O–H groups in total. The van der Waals surface area contributed by atoms with Crippen LogP contribution in [0.2, 0.25) is 0 Å². The Balaban J connectivity index is 2.49. The summed E-state index contributed by atoms with van der Waals surface area (Å²) in [6, 6.07) is 1.75. The summed E-state index contributed by atoms with van der Waals surface area (Å²) in [4.78, 5) is 23.1. The summed E-state index contributed by atoms with van der Waals surface area (Å²) >= 11 is 0. The number of carbonyl (C=O) groups is 1. The summed E-state index contributed by atoms with van der Waals surface area (Å²) in [6.07, 6.45) is 6.02. The number of carboxylic acid groups (broad SMARTS) is 1. The number of imidazole rings is 1. The first kappa shape index (κ1) is 8.78. The second-order valence-electron chi connectivity index (χ2n) is 3.28. The van der Waals surface area contributed by atoms with E-state index in [-0.39, 0.29) is 5.69 Å². The SMILES string of the molecule is O=C(O)c1cnc2c3cnccc3ncn12. The summed E-state index contributed by atoms with van der Waals surface area (Å²) in [6.45, 7) is 0. The molecule has 0 fully saturated rings. The molecule has 0 aliphatic heterocycles. The molecule has 6 nitrogen and oxygen atoms in total. The Labute approximate surface area is 89.2 Å². The molecule has 0 spiro atoms. The first-order valence-corrected chi connectivity index (χ1v) is 4.56. The molecule has 16 heavy (non-hydrogen) atoms. The molecule has 0 saturated carbocycles. The van der Waals surface area contributed by atoms with E-state index in [0.29, 0.717) is 5.65 Å². The minimum atomic E-state index is -1.03. The van der Waals surface area contributed by atoms with Gasteiger partial charge >= 0.3 is 5.97 Å². The van der Waals surface area contributed by atoms with Crippen LogP contribution in [0.5, 0.6) is 0 Å². The Morgan fingerprint density at radius 3 is 3.00 bits per heavy atom. The van der Waals surface area contributed by atoms with Gasteiger partial charge in [-0.2, -0.15) is 0 Å². The number of aromatic carboxylic acids is 1. The highest BCUT2D eigenvalue weighted by molar-refractivity contribution is 5.93. The van der Waals surface area contributed by atoms with Crippen LogP contribution < -0.4 is 0 Å². The normalized spacial score (nSPS) is 11.0. The van der Waals surface area contributed by atoms with Crippen LogP contribution in [0, 0.1) is 0 Å². The minimum Gasteiger partial charge on any atom is -0.477 e. The predicted octanol–water partition coefficient (Wildman–Crippen LogP) is 0.976. The Kier molecular flexibility index (Phi) is 1.64. The van der Waals surface area contributed by atoms with E-state index in [1.54, 1.807) is 18.5 Å². The molecule has 0 bridgehead atoms. The van der Waals surface area contributed by atoms with Gasteiger partial charge in [-0.05, 0) is 6.07 Å². The third kappa shape index (κ3) is 1.07. The minimum absolute atomic E-state index is 0.0910. The van der Waals surface area contributed by atoms with Crippen molar-refractivity contribution >= 4 is 22.5 Å². The average Bonchev–Trinajstić information content (AvgIpc) is 2.73. The molecule has 0 unspecified atom stereocenters. The monoisotopic (exact) mass is 214 g/mol. The molecule has 3 heterocycles. The third-order valence-corrected chi connectivity index (χ3v) is 2.37. The van der Waals surface area contributed by atoms with Gasteiger partial charge in [-0.3, -0.25) is 9.38 Å². The van der Waals surface area contributed by atoms with Crippen LogP contribution in [-0.2, 0) is 0 Å². The van der Waals surface area contributed by atoms with E-state index < -0.39 is 5.97 Å². The van der Waals surface area contributed by atoms with Gasteiger partial charge in [0, 0.05) is 12.4 Å². The average molecular weight is 214 g/mol. The van der Waals surface area contributed by atoms with E-state index in [1.165, 1.54) is 16.9 Å². The molecule has 6 heteroatoms. The van der Waals surface area contributed by atoms with Crippen molar-refractivity contribution < 1.29 is 9.90 Å². The van der Waals surface area contributed by atoms with Gasteiger partial charge in [0.25, 0.3) is 0 Å². The lowest BCUT2D eigenvalue weighted by molar-refractivity contribution is 0.0689. The second-order valence-corrected chi connectivity index (χ2v) is 3.28. The van der Waals surface area contributed by atoms with Crippen molar-refractivity contribution in [3.8, 4) is 0 Å². The Morgan fingerprint density at radius 1 is 1.31 bits per heavy atom.